The Labute approximate surface area is 206 Å². The Morgan fingerprint density at radius 3 is 2.09 bits per heavy atom. The van der Waals surface area contributed by atoms with Crippen molar-refractivity contribution in [1.82, 2.24) is 14.5 Å². The van der Waals surface area contributed by atoms with Crippen LogP contribution in [0.2, 0.25) is 0 Å². The molecule has 1 atom stereocenters. The maximum absolute atomic E-state index is 12.1. The van der Waals surface area contributed by atoms with Crippen molar-refractivity contribution in [3.8, 4) is 11.3 Å². The zero-order chi connectivity index (χ0) is 23.2. The van der Waals surface area contributed by atoms with Gasteiger partial charge < -0.3 is 14.6 Å². The number of hydrogen-bond acceptors (Lipinski definition) is 4. The van der Waals surface area contributed by atoms with Crippen LogP contribution in [0.15, 0.2) is 102 Å². The smallest absolute Gasteiger partial charge is 0.169 e. The van der Waals surface area contributed by atoms with Gasteiger partial charge in [-0.15, -0.1) is 0 Å². The fourth-order valence-electron chi connectivity index (χ4n) is 4.67. The molecule has 4 aromatic rings. The van der Waals surface area contributed by atoms with Gasteiger partial charge in [0, 0.05) is 24.1 Å². The van der Waals surface area contributed by atoms with Crippen LogP contribution in [0.5, 0.6) is 0 Å². The summed E-state index contributed by atoms with van der Waals surface area (Å²) in [4.78, 5) is 7.39. The van der Waals surface area contributed by atoms with Gasteiger partial charge in [-0.3, -0.25) is 0 Å². The Morgan fingerprint density at radius 2 is 1.41 bits per heavy atom. The van der Waals surface area contributed by atoms with E-state index in [1.165, 1.54) is 18.4 Å². The highest BCUT2D eigenvalue weighted by Gasteiger charge is 2.34. The molecular weight excluding hydrogens is 438 g/mol. The first kappa shape index (κ1) is 22.9. The number of thioether (sulfide) groups is 1. The summed E-state index contributed by atoms with van der Waals surface area (Å²) in [6, 6.07) is 30.9. The fraction of sp³-hybridized carbons (Fsp3) is 0.276. The summed E-state index contributed by atoms with van der Waals surface area (Å²) in [5, 5.41) is 13.0. The van der Waals surface area contributed by atoms with E-state index in [1.54, 1.807) is 11.8 Å². The monoisotopic (exact) mass is 469 g/mol. The zero-order valence-electron chi connectivity index (χ0n) is 19.4. The number of benzene rings is 3. The van der Waals surface area contributed by atoms with Crippen LogP contribution in [0.1, 0.15) is 24.0 Å². The topological polar surface area (TPSA) is 41.3 Å². The Morgan fingerprint density at radius 1 is 0.794 bits per heavy atom. The minimum absolute atomic E-state index is 0.463. The van der Waals surface area contributed by atoms with Crippen molar-refractivity contribution in [3.05, 3.63) is 108 Å². The van der Waals surface area contributed by atoms with E-state index in [0.29, 0.717) is 13.1 Å². The van der Waals surface area contributed by atoms with E-state index in [4.69, 9.17) is 4.98 Å². The molecule has 0 amide bonds. The molecule has 4 nitrogen and oxygen atoms in total. The zero-order valence-corrected chi connectivity index (χ0v) is 20.2. The second kappa shape index (κ2) is 10.6. The number of likely N-dealkylation sites (tertiary alicyclic amines) is 1. The van der Waals surface area contributed by atoms with Gasteiger partial charge in [0.15, 0.2) is 5.16 Å². The van der Waals surface area contributed by atoms with Crippen molar-refractivity contribution in [2.45, 2.75) is 35.9 Å². The van der Waals surface area contributed by atoms with E-state index in [0.717, 1.165) is 40.8 Å². The molecule has 0 bridgehead atoms. The molecule has 1 aliphatic rings. The van der Waals surface area contributed by atoms with Gasteiger partial charge in [0.2, 0.25) is 0 Å². The molecule has 5 heteroatoms. The Balaban J connectivity index is 1.48. The normalized spacial score (nSPS) is 15.9. The lowest BCUT2D eigenvalue weighted by molar-refractivity contribution is -0.0125. The van der Waals surface area contributed by atoms with Gasteiger partial charge in [-0.1, -0.05) is 103 Å². The molecule has 2 heterocycles. The summed E-state index contributed by atoms with van der Waals surface area (Å²) in [6.45, 7) is 3.18. The van der Waals surface area contributed by atoms with Crippen molar-refractivity contribution in [3.63, 3.8) is 0 Å². The summed E-state index contributed by atoms with van der Waals surface area (Å²) < 4.78 is 2.15. The van der Waals surface area contributed by atoms with Crippen LogP contribution in [0.25, 0.3) is 11.3 Å². The number of rotatable bonds is 9. The van der Waals surface area contributed by atoms with Crippen molar-refractivity contribution in [1.29, 1.82) is 0 Å². The largest absolute Gasteiger partial charge is 0.382 e. The van der Waals surface area contributed by atoms with Crippen LogP contribution < -0.4 is 0 Å². The Bertz CT molecular complexity index is 1170. The molecule has 0 aliphatic carbocycles. The molecule has 1 fully saturated rings. The molecule has 1 unspecified atom stereocenters. The number of nitrogens with zero attached hydrogens (tertiary/aromatic N) is 3. The summed E-state index contributed by atoms with van der Waals surface area (Å²) in [7, 11) is 0. The highest BCUT2D eigenvalue weighted by atomic mass is 32.2. The van der Waals surface area contributed by atoms with Crippen LogP contribution in [-0.2, 0) is 17.9 Å². The van der Waals surface area contributed by atoms with Gasteiger partial charge in [0.05, 0.1) is 12.2 Å². The van der Waals surface area contributed by atoms with Gasteiger partial charge in [0.1, 0.15) is 5.60 Å². The molecule has 0 saturated carbocycles. The van der Waals surface area contributed by atoms with Gasteiger partial charge in [-0.25, -0.2) is 4.98 Å². The van der Waals surface area contributed by atoms with E-state index < -0.39 is 5.60 Å². The molecule has 1 aromatic heterocycles. The third-order valence-electron chi connectivity index (χ3n) is 6.45. The Kier molecular flexibility index (Phi) is 7.14. The van der Waals surface area contributed by atoms with E-state index in [1.807, 2.05) is 54.6 Å². The Hall–Kier alpha value is -2.86. The number of imidazole rings is 1. The summed E-state index contributed by atoms with van der Waals surface area (Å²) in [5.41, 5.74) is 3.25. The highest BCUT2D eigenvalue weighted by Crippen LogP contribution is 2.32. The third kappa shape index (κ3) is 5.44. The molecule has 174 valence electrons. The van der Waals surface area contributed by atoms with Crippen LogP contribution in [-0.4, -0.2) is 39.2 Å². The lowest BCUT2D eigenvalue weighted by Gasteiger charge is -2.33. The van der Waals surface area contributed by atoms with E-state index in [2.05, 4.69) is 52.1 Å². The quantitative estimate of drug-likeness (QED) is 0.313. The van der Waals surface area contributed by atoms with Crippen molar-refractivity contribution in [2.24, 2.45) is 0 Å². The SMILES string of the molecule is OC(CN1CCCC1)(Cn1cc(-c2ccccc2)nc1SCc1ccccc1)c1ccccc1. The molecule has 1 N–H and O–H groups in total. The van der Waals surface area contributed by atoms with E-state index >= 15 is 0 Å². The fourth-order valence-corrected chi connectivity index (χ4v) is 5.61. The van der Waals surface area contributed by atoms with Crippen LogP contribution in [0.4, 0.5) is 0 Å². The third-order valence-corrected chi connectivity index (χ3v) is 7.51. The molecule has 3 aromatic carbocycles. The number of hydrogen-bond donors (Lipinski definition) is 1. The lowest BCUT2D eigenvalue weighted by Crippen LogP contribution is -2.43. The summed E-state index contributed by atoms with van der Waals surface area (Å²) in [6.07, 6.45) is 4.50. The lowest BCUT2D eigenvalue weighted by atomic mass is 9.93. The maximum atomic E-state index is 12.1. The molecule has 1 aliphatic heterocycles. The second-order valence-corrected chi connectivity index (χ2v) is 10.0. The molecule has 5 rings (SSSR count). The average molecular weight is 470 g/mol. The highest BCUT2D eigenvalue weighted by molar-refractivity contribution is 7.98. The van der Waals surface area contributed by atoms with Crippen molar-refractivity contribution < 1.29 is 5.11 Å². The molecule has 0 radical (unpaired) electrons. The summed E-state index contributed by atoms with van der Waals surface area (Å²) in [5.74, 6) is 0.835. The number of aromatic nitrogens is 2. The maximum Gasteiger partial charge on any atom is 0.169 e. The van der Waals surface area contributed by atoms with Crippen LogP contribution in [0.3, 0.4) is 0 Å². The average Bonchev–Trinajstić information content (AvgIpc) is 3.54. The minimum atomic E-state index is -0.998. The predicted molar refractivity (Wildman–Crippen MR) is 140 cm³/mol. The van der Waals surface area contributed by atoms with Crippen LogP contribution >= 0.6 is 11.8 Å². The second-order valence-electron chi connectivity index (χ2n) is 9.06. The van der Waals surface area contributed by atoms with Crippen molar-refractivity contribution in [2.75, 3.05) is 19.6 Å². The first-order valence-electron chi connectivity index (χ1n) is 12.0. The molecule has 0 spiro atoms. The molecular formula is C29H31N3OS. The predicted octanol–water partition coefficient (Wildman–Crippen LogP) is 5.83. The van der Waals surface area contributed by atoms with Gasteiger partial charge in [-0.05, 0) is 37.1 Å². The van der Waals surface area contributed by atoms with E-state index in [-0.39, 0.29) is 0 Å². The molecule has 1 saturated heterocycles. The van der Waals surface area contributed by atoms with Crippen LogP contribution in [0, 0.1) is 0 Å². The van der Waals surface area contributed by atoms with Gasteiger partial charge in [-0.2, -0.15) is 0 Å². The number of aliphatic hydroxyl groups is 1. The van der Waals surface area contributed by atoms with Gasteiger partial charge in [0.25, 0.3) is 0 Å². The van der Waals surface area contributed by atoms with Gasteiger partial charge >= 0.3 is 0 Å². The standard InChI is InChI=1S/C29H31N3OS/c33-29(22-31-18-10-11-19-31,26-16-8-3-9-17-26)23-32-20-27(25-14-6-2-7-15-25)30-28(32)34-21-24-12-4-1-5-13-24/h1-9,12-17,20,33H,10-11,18-19,21-23H2. The van der Waals surface area contributed by atoms with Crippen molar-refractivity contribution >= 4 is 11.8 Å². The molecule has 34 heavy (non-hydrogen) atoms. The first-order valence-corrected chi connectivity index (χ1v) is 13.0. The minimum Gasteiger partial charge on any atom is -0.382 e. The summed E-state index contributed by atoms with van der Waals surface area (Å²) >= 11 is 1.72. The van der Waals surface area contributed by atoms with E-state index in [9.17, 15) is 5.11 Å². The number of β-amino-alcohol motifs (C(OH)–C–C–N with tert-alkyl or cyclic N) is 1. The first-order chi connectivity index (χ1) is 16.7.